The van der Waals surface area contributed by atoms with Crippen LogP contribution in [0.2, 0.25) is 5.02 Å². The van der Waals surface area contributed by atoms with Crippen molar-refractivity contribution in [1.29, 1.82) is 0 Å². The zero-order valence-corrected chi connectivity index (χ0v) is 14.8. The van der Waals surface area contributed by atoms with Gasteiger partial charge in [0.15, 0.2) is 0 Å². The lowest BCUT2D eigenvalue weighted by Crippen LogP contribution is -2.40. The van der Waals surface area contributed by atoms with Crippen LogP contribution in [-0.4, -0.2) is 23.9 Å². The van der Waals surface area contributed by atoms with E-state index in [4.69, 9.17) is 11.6 Å². The first-order valence-corrected chi connectivity index (χ1v) is 8.97. The van der Waals surface area contributed by atoms with Crippen LogP contribution in [0.15, 0.2) is 48.5 Å². The van der Waals surface area contributed by atoms with Crippen molar-refractivity contribution in [3.05, 3.63) is 70.5 Å². The fraction of sp³-hybridized carbons (Fsp3) is 0.350. The van der Waals surface area contributed by atoms with Gasteiger partial charge < -0.3 is 5.32 Å². The fourth-order valence-corrected chi connectivity index (χ4v) is 3.30. The average Bonchev–Trinajstić information content (AvgIpc) is 2.63. The van der Waals surface area contributed by atoms with Gasteiger partial charge in [-0.25, -0.2) is 4.39 Å². The molecule has 3 rings (SSSR count). The molecule has 132 valence electrons. The highest BCUT2D eigenvalue weighted by molar-refractivity contribution is 6.30. The molecule has 2 aromatic carbocycles. The molecule has 0 unspecified atom stereocenters. The summed E-state index contributed by atoms with van der Waals surface area (Å²) in [5.74, 6) is -0.247. The number of halogens is 2. The third-order valence-electron chi connectivity index (χ3n) is 4.69. The normalized spacial score (nSPS) is 15.9. The highest BCUT2D eigenvalue weighted by Gasteiger charge is 2.24. The molecular weight excluding hydrogens is 339 g/mol. The van der Waals surface area contributed by atoms with Crippen molar-refractivity contribution in [1.82, 2.24) is 10.2 Å². The van der Waals surface area contributed by atoms with E-state index in [1.807, 2.05) is 24.3 Å². The van der Waals surface area contributed by atoms with E-state index in [1.165, 1.54) is 11.6 Å². The maximum absolute atomic E-state index is 13.6. The highest BCUT2D eigenvalue weighted by Crippen LogP contribution is 2.20. The first-order chi connectivity index (χ1) is 12.1. The number of benzene rings is 2. The molecule has 1 aliphatic heterocycles. The number of likely N-dealkylation sites (tertiary alicyclic amines) is 1. The molecule has 0 atom stereocenters. The van der Waals surface area contributed by atoms with Crippen LogP contribution >= 0.6 is 11.6 Å². The minimum atomic E-state index is -0.277. The van der Waals surface area contributed by atoms with Crippen molar-refractivity contribution >= 4 is 17.5 Å². The van der Waals surface area contributed by atoms with E-state index in [9.17, 15) is 9.18 Å². The van der Waals surface area contributed by atoms with E-state index in [2.05, 4.69) is 10.2 Å². The Morgan fingerprint density at radius 1 is 1.12 bits per heavy atom. The number of hydrogen-bond donors (Lipinski definition) is 1. The molecule has 0 radical (unpaired) electrons. The Morgan fingerprint density at radius 3 is 2.48 bits per heavy atom. The maximum Gasteiger partial charge on any atom is 0.223 e. The quantitative estimate of drug-likeness (QED) is 0.873. The van der Waals surface area contributed by atoms with Crippen LogP contribution in [0.4, 0.5) is 4.39 Å². The number of hydrogen-bond acceptors (Lipinski definition) is 2. The van der Waals surface area contributed by atoms with Crippen molar-refractivity contribution < 1.29 is 9.18 Å². The molecule has 0 bridgehead atoms. The number of nitrogens with one attached hydrogen (secondary N) is 1. The molecule has 25 heavy (non-hydrogen) atoms. The lowest BCUT2D eigenvalue weighted by molar-refractivity contribution is -0.126. The van der Waals surface area contributed by atoms with E-state index in [1.54, 1.807) is 18.2 Å². The monoisotopic (exact) mass is 360 g/mol. The van der Waals surface area contributed by atoms with E-state index in [0.717, 1.165) is 37.5 Å². The van der Waals surface area contributed by atoms with Gasteiger partial charge in [0.25, 0.3) is 0 Å². The standard InChI is InChI=1S/C20H22ClFN2O/c21-18-7-5-15(6-8-18)14-24-11-9-16(10-12-24)20(25)23-13-17-3-1-2-4-19(17)22/h1-8,16H,9-14H2,(H,23,25). The predicted octanol–water partition coefficient (Wildman–Crippen LogP) is 4.01. The molecule has 1 aliphatic rings. The molecule has 2 aromatic rings. The molecule has 0 aromatic heterocycles. The Hall–Kier alpha value is -1.91. The first-order valence-electron chi connectivity index (χ1n) is 8.60. The number of rotatable bonds is 5. The van der Waals surface area contributed by atoms with Gasteiger partial charge in [0, 0.05) is 29.6 Å². The highest BCUT2D eigenvalue weighted by atomic mass is 35.5. The minimum Gasteiger partial charge on any atom is -0.352 e. The fourth-order valence-electron chi connectivity index (χ4n) is 3.17. The van der Waals surface area contributed by atoms with Gasteiger partial charge in [-0.15, -0.1) is 0 Å². The number of carbonyl (C=O) groups excluding carboxylic acids is 1. The molecular formula is C20H22ClFN2O. The van der Waals surface area contributed by atoms with Gasteiger partial charge in [0.2, 0.25) is 5.91 Å². The Kier molecular flexibility index (Phi) is 6.05. The van der Waals surface area contributed by atoms with Crippen molar-refractivity contribution in [3.8, 4) is 0 Å². The van der Waals surface area contributed by atoms with Crippen LogP contribution in [0.25, 0.3) is 0 Å². The van der Waals surface area contributed by atoms with Crippen molar-refractivity contribution in [3.63, 3.8) is 0 Å². The zero-order valence-electron chi connectivity index (χ0n) is 14.1. The molecule has 3 nitrogen and oxygen atoms in total. The maximum atomic E-state index is 13.6. The van der Waals surface area contributed by atoms with Crippen molar-refractivity contribution in [2.45, 2.75) is 25.9 Å². The molecule has 1 amide bonds. The van der Waals surface area contributed by atoms with Crippen LogP contribution in [0.1, 0.15) is 24.0 Å². The van der Waals surface area contributed by atoms with Gasteiger partial charge >= 0.3 is 0 Å². The van der Waals surface area contributed by atoms with E-state index in [0.29, 0.717) is 5.56 Å². The minimum absolute atomic E-state index is 0.00763. The topological polar surface area (TPSA) is 32.3 Å². The molecule has 1 saturated heterocycles. The summed E-state index contributed by atoms with van der Waals surface area (Å²) in [5, 5.41) is 3.61. The summed E-state index contributed by atoms with van der Waals surface area (Å²) < 4.78 is 13.6. The van der Waals surface area contributed by atoms with Crippen LogP contribution in [0.5, 0.6) is 0 Å². The number of piperidine rings is 1. The lowest BCUT2D eigenvalue weighted by Gasteiger charge is -2.31. The summed E-state index contributed by atoms with van der Waals surface area (Å²) in [6.45, 7) is 2.90. The molecule has 1 heterocycles. The molecule has 0 saturated carbocycles. The summed E-state index contributed by atoms with van der Waals surface area (Å²) in [4.78, 5) is 14.7. The lowest BCUT2D eigenvalue weighted by atomic mass is 9.95. The third-order valence-corrected chi connectivity index (χ3v) is 4.94. The Labute approximate surface area is 152 Å². The molecule has 0 aliphatic carbocycles. The molecule has 1 N–H and O–H groups in total. The van der Waals surface area contributed by atoms with Crippen LogP contribution in [0, 0.1) is 11.7 Å². The van der Waals surface area contributed by atoms with Crippen LogP contribution < -0.4 is 5.32 Å². The Bertz CT molecular complexity index is 712. The van der Waals surface area contributed by atoms with Gasteiger partial charge in [-0.2, -0.15) is 0 Å². The second kappa shape index (κ2) is 8.45. The third kappa shape index (κ3) is 5.03. The summed E-state index contributed by atoms with van der Waals surface area (Å²) >= 11 is 5.91. The smallest absolute Gasteiger partial charge is 0.223 e. The van der Waals surface area contributed by atoms with Crippen LogP contribution in [0.3, 0.4) is 0 Å². The summed E-state index contributed by atoms with van der Waals surface area (Å²) in [6.07, 6.45) is 1.66. The van der Waals surface area contributed by atoms with Crippen molar-refractivity contribution in [2.75, 3.05) is 13.1 Å². The zero-order chi connectivity index (χ0) is 17.6. The van der Waals surface area contributed by atoms with Gasteiger partial charge in [-0.05, 0) is 49.7 Å². The first kappa shape index (κ1) is 17.9. The number of amides is 1. The van der Waals surface area contributed by atoms with E-state index < -0.39 is 0 Å². The van der Waals surface area contributed by atoms with Crippen LogP contribution in [-0.2, 0) is 17.9 Å². The largest absolute Gasteiger partial charge is 0.352 e. The Morgan fingerprint density at radius 2 is 1.80 bits per heavy atom. The van der Waals surface area contributed by atoms with Crippen molar-refractivity contribution in [2.24, 2.45) is 5.92 Å². The second-order valence-electron chi connectivity index (χ2n) is 6.49. The predicted molar refractivity (Wildman–Crippen MR) is 97.7 cm³/mol. The second-order valence-corrected chi connectivity index (χ2v) is 6.92. The molecule has 0 spiro atoms. The van der Waals surface area contributed by atoms with E-state index in [-0.39, 0.29) is 24.2 Å². The summed E-state index contributed by atoms with van der Waals surface area (Å²) in [7, 11) is 0. The summed E-state index contributed by atoms with van der Waals surface area (Å²) in [5.41, 5.74) is 1.75. The molecule has 1 fully saturated rings. The van der Waals surface area contributed by atoms with Gasteiger partial charge in [0.05, 0.1) is 0 Å². The van der Waals surface area contributed by atoms with E-state index >= 15 is 0 Å². The number of nitrogens with zero attached hydrogens (tertiary/aromatic N) is 1. The molecule has 5 heteroatoms. The van der Waals surface area contributed by atoms with Gasteiger partial charge in [-0.1, -0.05) is 41.9 Å². The summed E-state index contributed by atoms with van der Waals surface area (Å²) in [6, 6.07) is 14.4. The average molecular weight is 361 g/mol. The Balaban J connectivity index is 1.44. The van der Waals surface area contributed by atoms with Gasteiger partial charge in [-0.3, -0.25) is 9.69 Å². The number of carbonyl (C=O) groups is 1. The SMILES string of the molecule is O=C(NCc1ccccc1F)C1CCN(Cc2ccc(Cl)cc2)CC1. The van der Waals surface area contributed by atoms with Gasteiger partial charge in [0.1, 0.15) is 5.82 Å².